The molecule has 0 bridgehead atoms. The number of hydrogen-bond acceptors (Lipinski definition) is 9. The predicted octanol–water partition coefficient (Wildman–Crippen LogP) is 14.8. The number of aromatic nitrogens is 2. The van der Waals surface area contributed by atoms with Crippen LogP contribution in [0.1, 0.15) is 22.3 Å². The zero-order chi connectivity index (χ0) is 47.2. The first-order valence-electron chi connectivity index (χ1n) is 23.2. The number of ether oxygens (including phenoxy) is 4. The third-order valence-electron chi connectivity index (χ3n) is 13.2. The Morgan fingerprint density at radius 3 is 1.67 bits per heavy atom. The summed E-state index contributed by atoms with van der Waals surface area (Å²) in [6.07, 6.45) is 2.89. The lowest BCUT2D eigenvalue weighted by Crippen LogP contribution is -2.28. The number of thiazole rings is 2. The van der Waals surface area contributed by atoms with Crippen LogP contribution in [0.2, 0.25) is 0 Å². The highest BCUT2D eigenvalue weighted by Crippen LogP contribution is 2.58. The zero-order valence-electron chi connectivity index (χ0n) is 38.0. The van der Waals surface area contributed by atoms with E-state index in [1.54, 1.807) is 28.7 Å². The molecule has 0 aliphatic heterocycles. The summed E-state index contributed by atoms with van der Waals surface area (Å²) in [5, 5.41) is 8.72. The first-order valence-corrected chi connectivity index (χ1v) is 24.9. The maximum atomic E-state index is 11.4. The van der Waals surface area contributed by atoms with E-state index in [0.29, 0.717) is 25.6 Å². The van der Waals surface area contributed by atoms with Crippen molar-refractivity contribution in [2.24, 2.45) is 0 Å². The molecule has 1 aliphatic carbocycles. The first-order chi connectivity index (χ1) is 34.4. The smallest absolute Gasteiger partial charge is 0.330 e. The van der Waals surface area contributed by atoms with E-state index in [2.05, 4.69) is 165 Å². The summed E-state index contributed by atoms with van der Waals surface area (Å²) >= 11 is 3.45. The highest BCUT2D eigenvalue weighted by Gasteiger charge is 2.46. The van der Waals surface area contributed by atoms with E-state index in [-0.39, 0.29) is 13.2 Å². The summed E-state index contributed by atoms with van der Waals surface area (Å²) in [4.78, 5) is 21.9. The maximum absolute atomic E-state index is 11.4. The van der Waals surface area contributed by atoms with Crippen molar-refractivity contribution < 1.29 is 23.7 Å². The summed E-state index contributed by atoms with van der Waals surface area (Å²) < 4.78 is 24.6. The van der Waals surface area contributed by atoms with Crippen molar-refractivity contribution in [1.29, 1.82) is 0 Å². The summed E-state index contributed by atoms with van der Waals surface area (Å²) in [5.74, 6) is 1.06. The van der Waals surface area contributed by atoms with Crippen LogP contribution in [-0.2, 0) is 19.7 Å². The van der Waals surface area contributed by atoms with Crippen molar-refractivity contribution in [3.8, 4) is 43.8 Å². The Labute approximate surface area is 412 Å². The number of hydrogen-bond donors (Lipinski definition) is 0. The number of benzene rings is 9. The standard InChI is InChI=1S/C61H44N2O5S2/c1-3-25-65-26-27-66-48-21-17-40-30-44(15-13-42(40)32-48)59-62-54-23-19-46(36-56(54)69-59)61(52-12-8-7-11-50(52)51-34-38-9-5-6-10-39(38)35-53(51)61)47-20-24-55-57(37-47)70-60(63-55)45-16-14-43-33-49(22-18-41(43)31-45)67-28-29-68-58(64)4-2/h3-24,30-37H,1-2,25-29H2. The molecule has 0 spiro atoms. The van der Waals surface area contributed by atoms with E-state index < -0.39 is 11.4 Å². The molecule has 9 heteroatoms. The molecule has 1 aliphatic rings. The molecule has 1 atom stereocenters. The molecule has 9 aromatic carbocycles. The molecule has 0 saturated heterocycles. The van der Waals surface area contributed by atoms with Gasteiger partial charge in [-0.05, 0) is 138 Å². The van der Waals surface area contributed by atoms with E-state index >= 15 is 0 Å². The van der Waals surface area contributed by atoms with Crippen molar-refractivity contribution in [3.05, 3.63) is 217 Å². The van der Waals surface area contributed by atoms with Gasteiger partial charge in [-0.3, -0.25) is 0 Å². The topological polar surface area (TPSA) is 79.8 Å². The summed E-state index contributed by atoms with van der Waals surface area (Å²) in [7, 11) is 0. The molecule has 0 fully saturated rings. The van der Waals surface area contributed by atoms with Crippen LogP contribution in [0.5, 0.6) is 11.5 Å². The highest BCUT2D eigenvalue weighted by molar-refractivity contribution is 7.22. The van der Waals surface area contributed by atoms with Crippen LogP contribution in [-0.4, -0.2) is 49.0 Å². The molecule has 0 radical (unpaired) electrons. The lowest BCUT2D eigenvalue weighted by molar-refractivity contribution is -0.138. The van der Waals surface area contributed by atoms with Crippen LogP contribution in [0.15, 0.2) is 195 Å². The Morgan fingerprint density at radius 1 is 0.514 bits per heavy atom. The zero-order valence-corrected chi connectivity index (χ0v) is 39.7. The van der Waals surface area contributed by atoms with Gasteiger partial charge in [0.05, 0.1) is 39.1 Å². The Kier molecular flexibility index (Phi) is 11.3. The molecular weight excluding hydrogens is 905 g/mol. The van der Waals surface area contributed by atoms with Crippen LogP contribution >= 0.6 is 22.7 Å². The molecule has 340 valence electrons. The normalized spacial score (nSPS) is 14.0. The van der Waals surface area contributed by atoms with Crippen LogP contribution in [0.3, 0.4) is 0 Å². The number of carbonyl (C=O) groups is 1. The van der Waals surface area contributed by atoms with Gasteiger partial charge in [0.25, 0.3) is 0 Å². The highest BCUT2D eigenvalue weighted by atomic mass is 32.1. The van der Waals surface area contributed by atoms with E-state index in [0.717, 1.165) is 74.9 Å². The monoisotopic (exact) mass is 948 g/mol. The fraction of sp³-hybridized carbons (Fsp3) is 0.0984. The average Bonchev–Trinajstić information content (AvgIpc) is 4.11. The minimum absolute atomic E-state index is 0.154. The number of carbonyl (C=O) groups excluding carboxylic acids is 1. The molecule has 12 rings (SSSR count). The lowest BCUT2D eigenvalue weighted by Gasteiger charge is -2.34. The summed E-state index contributed by atoms with van der Waals surface area (Å²) in [6, 6.07) is 61.3. The number of fused-ring (bicyclic) bond motifs is 8. The van der Waals surface area contributed by atoms with Gasteiger partial charge in [0, 0.05) is 17.2 Å². The van der Waals surface area contributed by atoms with Gasteiger partial charge in [-0.15, -0.1) is 29.3 Å². The Bertz CT molecular complexity index is 3870. The summed E-state index contributed by atoms with van der Waals surface area (Å²) in [6.45, 7) is 9.05. The summed E-state index contributed by atoms with van der Waals surface area (Å²) in [5.41, 5.74) is 10.8. The van der Waals surface area contributed by atoms with Gasteiger partial charge in [-0.25, -0.2) is 14.8 Å². The van der Waals surface area contributed by atoms with E-state index in [1.807, 2.05) is 18.2 Å². The number of nitrogens with zero attached hydrogens (tertiary/aromatic N) is 2. The van der Waals surface area contributed by atoms with Gasteiger partial charge in [0.1, 0.15) is 41.3 Å². The maximum Gasteiger partial charge on any atom is 0.330 e. The molecule has 0 N–H and O–H groups in total. The average molecular weight is 949 g/mol. The quantitative estimate of drug-likeness (QED) is 0.0438. The molecule has 2 aromatic heterocycles. The van der Waals surface area contributed by atoms with E-state index in [4.69, 9.17) is 28.9 Å². The second-order valence-electron chi connectivity index (χ2n) is 17.3. The molecule has 11 aromatic rings. The van der Waals surface area contributed by atoms with Gasteiger partial charge < -0.3 is 18.9 Å². The van der Waals surface area contributed by atoms with Crippen molar-refractivity contribution >= 4 is 81.4 Å². The molecule has 0 saturated carbocycles. The fourth-order valence-electron chi connectivity index (χ4n) is 9.95. The number of rotatable bonds is 15. The molecule has 7 nitrogen and oxygen atoms in total. The SMILES string of the molecule is C=CCOCCOc1ccc2cc(-c3nc4ccc(C5(c6ccc7nc(-c8ccc9cc(OCCOC(=O)C=C)ccc9c8)sc7c6)c6ccccc6-c6cc7ccccc7cc65)cc4s3)ccc2c1. The second-order valence-corrected chi connectivity index (χ2v) is 19.4. The Hall–Kier alpha value is -7.95. The van der Waals surface area contributed by atoms with Crippen LogP contribution in [0.4, 0.5) is 0 Å². The van der Waals surface area contributed by atoms with Crippen molar-refractivity contribution in [3.63, 3.8) is 0 Å². The van der Waals surface area contributed by atoms with Gasteiger partial charge >= 0.3 is 5.97 Å². The minimum atomic E-state index is -0.636. The van der Waals surface area contributed by atoms with Gasteiger partial charge in [-0.2, -0.15) is 0 Å². The van der Waals surface area contributed by atoms with Crippen molar-refractivity contribution in [1.82, 2.24) is 9.97 Å². The Morgan fingerprint density at radius 2 is 1.06 bits per heavy atom. The van der Waals surface area contributed by atoms with E-state index in [9.17, 15) is 4.79 Å². The lowest BCUT2D eigenvalue weighted by atomic mass is 9.67. The predicted molar refractivity (Wildman–Crippen MR) is 287 cm³/mol. The molecule has 0 amide bonds. The van der Waals surface area contributed by atoms with Crippen LogP contribution in [0.25, 0.3) is 85.0 Å². The van der Waals surface area contributed by atoms with Crippen LogP contribution in [0, 0.1) is 0 Å². The van der Waals surface area contributed by atoms with Crippen LogP contribution < -0.4 is 9.47 Å². The van der Waals surface area contributed by atoms with Gasteiger partial charge in [0.15, 0.2) is 0 Å². The first kappa shape index (κ1) is 43.3. The molecular formula is C61H44N2O5S2. The van der Waals surface area contributed by atoms with E-state index in [1.165, 1.54) is 44.2 Å². The molecule has 1 unspecified atom stereocenters. The largest absolute Gasteiger partial charge is 0.491 e. The molecule has 2 heterocycles. The van der Waals surface area contributed by atoms with Crippen molar-refractivity contribution in [2.45, 2.75) is 5.41 Å². The Balaban J connectivity index is 0.928. The third kappa shape index (κ3) is 7.78. The minimum Gasteiger partial charge on any atom is -0.491 e. The fourth-order valence-corrected chi connectivity index (χ4v) is 12.0. The van der Waals surface area contributed by atoms with Crippen molar-refractivity contribution in [2.75, 3.05) is 33.0 Å². The number of esters is 1. The van der Waals surface area contributed by atoms with Gasteiger partial charge in [0.2, 0.25) is 0 Å². The van der Waals surface area contributed by atoms with Gasteiger partial charge in [-0.1, -0.05) is 110 Å². The third-order valence-corrected chi connectivity index (χ3v) is 15.3. The second kappa shape index (κ2) is 18.2. The molecule has 70 heavy (non-hydrogen) atoms.